The average Bonchev–Trinajstić information content (AvgIpc) is 2.23. The summed E-state index contributed by atoms with van der Waals surface area (Å²) in [6.45, 7) is 4.00. The Bertz CT molecular complexity index is 65.0. The Labute approximate surface area is 75.8 Å². The van der Waals surface area contributed by atoms with Crippen molar-refractivity contribution in [3.05, 3.63) is 24.5 Å². The maximum atomic E-state index is 2.81. The van der Waals surface area contributed by atoms with Crippen LogP contribution in [-0.4, -0.2) is 4.98 Å². The van der Waals surface area contributed by atoms with E-state index in [9.17, 15) is 0 Å². The summed E-state index contributed by atoms with van der Waals surface area (Å²) in [5.74, 6) is 0. The van der Waals surface area contributed by atoms with Crippen LogP contribution in [0.15, 0.2) is 18.5 Å². The predicted molar refractivity (Wildman–Crippen MR) is 31.0 cm³/mol. The van der Waals surface area contributed by atoms with Gasteiger partial charge >= 0.3 is 0 Å². The van der Waals surface area contributed by atoms with E-state index in [1.54, 1.807) is 6.20 Å². The molecule has 0 saturated heterocycles. The van der Waals surface area contributed by atoms with Gasteiger partial charge in [0.2, 0.25) is 0 Å². The average molecular weight is 185 g/mol. The summed E-state index contributed by atoms with van der Waals surface area (Å²) < 4.78 is 0. The van der Waals surface area contributed by atoms with Crippen LogP contribution in [0.25, 0.3) is 0 Å². The second-order valence-electron chi connectivity index (χ2n) is 0.811. The van der Waals surface area contributed by atoms with Gasteiger partial charge in [0.1, 0.15) is 0 Å². The second kappa shape index (κ2) is 10.4. The quantitative estimate of drug-likeness (QED) is 0.593. The molecule has 0 aromatic carbocycles. The topological polar surface area (TPSA) is 15.8 Å². The summed E-state index contributed by atoms with van der Waals surface area (Å²) >= 11 is 0. The van der Waals surface area contributed by atoms with Crippen LogP contribution in [0, 0.1) is 6.07 Å². The molecule has 0 aliphatic heterocycles. The number of aromatic amines is 1. The third-order valence-corrected chi connectivity index (χ3v) is 0.442. The maximum Gasteiger partial charge on any atom is 0 e. The molecule has 0 aliphatic rings. The van der Waals surface area contributed by atoms with Crippen molar-refractivity contribution in [2.45, 2.75) is 13.8 Å². The van der Waals surface area contributed by atoms with Crippen LogP contribution in [-0.2, 0) is 32.7 Å². The van der Waals surface area contributed by atoms with E-state index in [2.05, 4.69) is 11.1 Å². The summed E-state index contributed by atoms with van der Waals surface area (Å²) in [6.07, 6.45) is 3.57. The molecule has 1 N–H and O–H groups in total. The van der Waals surface area contributed by atoms with Gasteiger partial charge in [-0.1, -0.05) is 13.8 Å². The molecule has 8 heavy (non-hydrogen) atoms. The van der Waals surface area contributed by atoms with Crippen LogP contribution in [0.4, 0.5) is 0 Å². The van der Waals surface area contributed by atoms with E-state index >= 15 is 0 Å². The molecule has 0 amide bonds. The minimum absolute atomic E-state index is 0. The Morgan fingerprint density at radius 3 is 2.12 bits per heavy atom. The van der Waals surface area contributed by atoms with E-state index in [0.717, 1.165) is 0 Å². The van der Waals surface area contributed by atoms with Crippen LogP contribution >= 0.6 is 0 Å². The van der Waals surface area contributed by atoms with Crippen molar-refractivity contribution in [1.29, 1.82) is 0 Å². The third kappa shape index (κ3) is 6.38. The zero-order chi connectivity index (χ0) is 5.54. The largest absolute Gasteiger partial charge is 0.461 e. The molecule has 0 spiro atoms. The van der Waals surface area contributed by atoms with Crippen LogP contribution in [0.3, 0.4) is 0 Å². The van der Waals surface area contributed by atoms with Gasteiger partial charge in [0.15, 0.2) is 0 Å². The van der Waals surface area contributed by atoms with E-state index in [4.69, 9.17) is 0 Å². The summed E-state index contributed by atoms with van der Waals surface area (Å²) in [5.41, 5.74) is 0. The van der Waals surface area contributed by atoms with E-state index in [-0.39, 0.29) is 32.7 Å². The van der Waals surface area contributed by atoms with Crippen molar-refractivity contribution in [2.75, 3.05) is 0 Å². The first-order valence-electron chi connectivity index (χ1n) is 2.49. The van der Waals surface area contributed by atoms with Crippen LogP contribution < -0.4 is 0 Å². The zero-order valence-corrected chi connectivity index (χ0v) is 8.15. The Morgan fingerprint density at radius 2 is 2.00 bits per heavy atom. The number of rotatable bonds is 0. The molecule has 1 radical (unpaired) electrons. The molecule has 1 heterocycles. The van der Waals surface area contributed by atoms with Gasteiger partial charge in [-0.2, -0.15) is 0 Å². The third-order valence-electron chi connectivity index (χ3n) is 0.442. The van der Waals surface area contributed by atoms with Gasteiger partial charge in [0.25, 0.3) is 0 Å². The molecule has 1 nitrogen and oxygen atoms in total. The maximum absolute atomic E-state index is 2.81. The van der Waals surface area contributed by atoms with Gasteiger partial charge in [-0.15, -0.1) is 12.4 Å². The molecular formula is C6H10NY-. The first-order valence-corrected chi connectivity index (χ1v) is 2.49. The van der Waals surface area contributed by atoms with Crippen LogP contribution in [0.5, 0.6) is 0 Å². The summed E-state index contributed by atoms with van der Waals surface area (Å²) in [7, 11) is 0. The molecule has 0 unspecified atom stereocenters. The van der Waals surface area contributed by atoms with Crippen LogP contribution in [0.1, 0.15) is 13.8 Å². The predicted octanol–water partition coefficient (Wildman–Crippen LogP) is 1.84. The SMILES string of the molecule is CC.[Y].[c-]1cc[nH]c1. The number of aromatic nitrogens is 1. The normalized spacial score (nSPS) is 5.75. The second-order valence-corrected chi connectivity index (χ2v) is 0.811. The minimum Gasteiger partial charge on any atom is -0.461 e. The molecule has 1 aromatic rings. The van der Waals surface area contributed by atoms with Crippen molar-refractivity contribution < 1.29 is 32.7 Å². The van der Waals surface area contributed by atoms with Crippen molar-refractivity contribution in [3.8, 4) is 0 Å². The van der Waals surface area contributed by atoms with Gasteiger partial charge in [-0.05, 0) is 0 Å². The molecule has 1 rings (SSSR count). The standard InChI is InChI=1S/C4H4N.C2H6.Y/c1-2-4-5-3-1;1-2;/h1,3-5H;1-2H3;/q-1;;. The van der Waals surface area contributed by atoms with E-state index in [1.165, 1.54) is 0 Å². The van der Waals surface area contributed by atoms with Crippen molar-refractivity contribution in [1.82, 2.24) is 4.98 Å². The van der Waals surface area contributed by atoms with Crippen molar-refractivity contribution in [3.63, 3.8) is 0 Å². The van der Waals surface area contributed by atoms with Crippen molar-refractivity contribution >= 4 is 0 Å². The van der Waals surface area contributed by atoms with E-state index in [1.807, 2.05) is 26.1 Å². The van der Waals surface area contributed by atoms with Gasteiger partial charge < -0.3 is 4.98 Å². The van der Waals surface area contributed by atoms with E-state index < -0.39 is 0 Å². The Hall–Kier alpha value is 0.384. The molecule has 2 heteroatoms. The molecule has 0 fully saturated rings. The summed E-state index contributed by atoms with van der Waals surface area (Å²) in [6, 6.07) is 4.62. The smallest absolute Gasteiger partial charge is 0 e. The van der Waals surface area contributed by atoms with Gasteiger partial charge in [0.05, 0.1) is 0 Å². The van der Waals surface area contributed by atoms with E-state index in [0.29, 0.717) is 0 Å². The number of H-pyrrole nitrogens is 1. The Morgan fingerprint density at radius 1 is 1.38 bits per heavy atom. The van der Waals surface area contributed by atoms with Gasteiger partial charge in [0, 0.05) is 32.7 Å². The summed E-state index contributed by atoms with van der Waals surface area (Å²) in [5, 5.41) is 0. The molecule has 0 bridgehead atoms. The first kappa shape index (κ1) is 11.2. The molecule has 43 valence electrons. The minimum atomic E-state index is 0. The van der Waals surface area contributed by atoms with Gasteiger partial charge in [-0.3, -0.25) is 0 Å². The molecular weight excluding hydrogens is 175 g/mol. The molecule has 0 aliphatic carbocycles. The summed E-state index contributed by atoms with van der Waals surface area (Å²) in [4.78, 5) is 2.81. The Kier molecular flexibility index (Phi) is 14.6. The fourth-order valence-electron chi connectivity index (χ4n) is 0.241. The molecule has 0 atom stereocenters. The Balaban J connectivity index is 0. The first-order chi connectivity index (χ1) is 3.50. The fraction of sp³-hybridized carbons (Fsp3) is 0.333. The molecule has 1 aromatic heterocycles. The number of nitrogens with one attached hydrogen (secondary N) is 1. The number of hydrogen-bond donors (Lipinski definition) is 1. The monoisotopic (exact) mass is 185 g/mol. The molecule has 0 saturated carbocycles. The zero-order valence-electron chi connectivity index (χ0n) is 5.31. The van der Waals surface area contributed by atoms with Crippen molar-refractivity contribution in [2.24, 2.45) is 0 Å². The fourth-order valence-corrected chi connectivity index (χ4v) is 0.241. The van der Waals surface area contributed by atoms with Gasteiger partial charge in [-0.25, -0.2) is 12.1 Å². The number of hydrogen-bond acceptors (Lipinski definition) is 0. The van der Waals surface area contributed by atoms with Crippen LogP contribution in [0.2, 0.25) is 0 Å².